The first kappa shape index (κ1) is 13.8. The zero-order chi connectivity index (χ0) is 12.8. The number of rotatable bonds is 1. The van der Waals surface area contributed by atoms with E-state index in [1.54, 1.807) is 6.07 Å². The topological polar surface area (TPSA) is 30.2 Å². The fraction of sp³-hybridized carbons (Fsp3) is 0.533. The van der Waals surface area contributed by atoms with Crippen molar-refractivity contribution in [2.24, 2.45) is 0 Å². The van der Waals surface area contributed by atoms with Crippen molar-refractivity contribution in [3.05, 3.63) is 32.7 Å². The second-order valence-corrected chi connectivity index (χ2v) is 4.25. The first-order valence-corrected chi connectivity index (χ1v) is 6.50. The maximum absolute atomic E-state index is 11.5. The van der Waals surface area contributed by atoms with Crippen molar-refractivity contribution in [1.29, 1.82) is 0 Å². The number of hydrogen-bond donors (Lipinski definition) is 0. The van der Waals surface area contributed by atoms with E-state index in [1.807, 2.05) is 13.8 Å². The second-order valence-electron chi connectivity index (χ2n) is 4.25. The lowest BCUT2D eigenvalue weighted by molar-refractivity contribution is 0.354. The van der Waals surface area contributed by atoms with E-state index in [1.165, 1.54) is 19.3 Å². The van der Waals surface area contributed by atoms with E-state index in [9.17, 15) is 4.79 Å². The maximum atomic E-state index is 11.5. The molecule has 2 nitrogen and oxygen atoms in total. The van der Waals surface area contributed by atoms with E-state index in [4.69, 9.17) is 4.42 Å². The summed E-state index contributed by atoms with van der Waals surface area (Å²) in [4.78, 5) is 11.5. The molecule has 0 atom stereocenters. The highest BCUT2D eigenvalue weighted by molar-refractivity contribution is 5.14. The van der Waals surface area contributed by atoms with Gasteiger partial charge in [-0.1, -0.05) is 46.3 Å². The van der Waals surface area contributed by atoms with Gasteiger partial charge in [0.15, 0.2) is 5.43 Å². The summed E-state index contributed by atoms with van der Waals surface area (Å²) in [6.45, 7) is 11.3. The van der Waals surface area contributed by atoms with Gasteiger partial charge in [0, 0.05) is 12.0 Å². The fourth-order valence-electron chi connectivity index (χ4n) is 2.18. The Hall–Kier alpha value is -1.31. The van der Waals surface area contributed by atoms with Gasteiger partial charge in [0.2, 0.25) is 0 Å². The summed E-state index contributed by atoms with van der Waals surface area (Å²) in [6.07, 6.45) is 6.00. The van der Waals surface area contributed by atoms with Gasteiger partial charge in [-0.2, -0.15) is 0 Å². The third-order valence-electron chi connectivity index (χ3n) is 3.16. The quantitative estimate of drug-likeness (QED) is 0.747. The van der Waals surface area contributed by atoms with Gasteiger partial charge in [-0.15, -0.1) is 0 Å². The van der Waals surface area contributed by atoms with Crippen LogP contribution in [0, 0.1) is 0 Å². The van der Waals surface area contributed by atoms with Gasteiger partial charge in [-0.05, 0) is 12.8 Å². The third-order valence-corrected chi connectivity index (χ3v) is 3.16. The van der Waals surface area contributed by atoms with Gasteiger partial charge in [0.25, 0.3) is 0 Å². The lowest BCUT2D eigenvalue weighted by Gasteiger charge is -2.20. The molecular formula is C15H22O2. The van der Waals surface area contributed by atoms with Crippen LogP contribution in [-0.4, -0.2) is 0 Å². The fourth-order valence-corrected chi connectivity index (χ4v) is 2.18. The zero-order valence-corrected chi connectivity index (χ0v) is 10.9. The predicted octanol–water partition coefficient (Wildman–Crippen LogP) is 2.53. The van der Waals surface area contributed by atoms with Gasteiger partial charge < -0.3 is 4.42 Å². The molecule has 1 fully saturated rings. The molecule has 1 aromatic heterocycles. The normalized spacial score (nSPS) is 16.1. The maximum Gasteiger partial charge on any atom is 0.192 e. The summed E-state index contributed by atoms with van der Waals surface area (Å²) in [5, 5.41) is 0.384. The molecule has 1 heterocycles. The summed E-state index contributed by atoms with van der Waals surface area (Å²) >= 11 is 0. The van der Waals surface area contributed by atoms with Gasteiger partial charge in [0.05, 0.1) is 5.22 Å². The Balaban J connectivity index is 0.000000686. The Labute approximate surface area is 103 Å². The van der Waals surface area contributed by atoms with E-state index in [0.717, 1.165) is 18.6 Å². The second kappa shape index (κ2) is 6.43. The minimum Gasteiger partial charge on any atom is -0.461 e. The molecule has 1 aliphatic rings. The highest BCUT2D eigenvalue weighted by atomic mass is 16.3. The van der Waals surface area contributed by atoms with E-state index >= 15 is 0 Å². The van der Waals surface area contributed by atoms with Crippen molar-refractivity contribution >= 4 is 13.2 Å². The number of hydrogen-bond acceptors (Lipinski definition) is 2. The summed E-state index contributed by atoms with van der Waals surface area (Å²) in [5.41, 5.74) is 0.370. The van der Waals surface area contributed by atoms with Crippen LogP contribution < -0.4 is 16.1 Å². The SMILES string of the molecule is C=c1oc(C2CCCCC2)cc(=O)c1=C.CC. The van der Waals surface area contributed by atoms with Crippen LogP contribution in [0.15, 0.2) is 15.3 Å². The van der Waals surface area contributed by atoms with Crippen molar-refractivity contribution in [3.63, 3.8) is 0 Å². The van der Waals surface area contributed by atoms with E-state index in [-0.39, 0.29) is 5.43 Å². The average molecular weight is 234 g/mol. The van der Waals surface area contributed by atoms with Crippen LogP contribution in [0.3, 0.4) is 0 Å². The molecule has 1 aromatic rings. The van der Waals surface area contributed by atoms with Gasteiger partial charge in [0.1, 0.15) is 11.2 Å². The molecule has 17 heavy (non-hydrogen) atoms. The van der Waals surface area contributed by atoms with Crippen LogP contribution in [0.5, 0.6) is 0 Å². The monoisotopic (exact) mass is 234 g/mol. The Kier molecular flexibility index (Phi) is 5.20. The Morgan fingerprint density at radius 2 is 1.76 bits per heavy atom. The molecule has 1 aliphatic carbocycles. The molecular weight excluding hydrogens is 212 g/mol. The largest absolute Gasteiger partial charge is 0.461 e. The average Bonchev–Trinajstić information content (AvgIpc) is 2.39. The van der Waals surface area contributed by atoms with Crippen LogP contribution in [0.25, 0.3) is 13.2 Å². The van der Waals surface area contributed by atoms with E-state index < -0.39 is 0 Å². The van der Waals surface area contributed by atoms with Gasteiger partial charge >= 0.3 is 0 Å². The molecule has 94 valence electrons. The smallest absolute Gasteiger partial charge is 0.192 e. The molecule has 0 aliphatic heterocycles. The minimum absolute atomic E-state index is 0.0492. The molecule has 0 bridgehead atoms. The van der Waals surface area contributed by atoms with Crippen LogP contribution in [-0.2, 0) is 0 Å². The van der Waals surface area contributed by atoms with Crippen molar-refractivity contribution in [3.8, 4) is 0 Å². The van der Waals surface area contributed by atoms with E-state index in [0.29, 0.717) is 16.6 Å². The molecule has 0 amide bonds. The minimum atomic E-state index is -0.0492. The molecule has 1 saturated carbocycles. The molecule has 2 heteroatoms. The third kappa shape index (κ3) is 3.32. The summed E-state index contributed by atoms with van der Waals surface area (Å²) in [6, 6.07) is 1.59. The first-order valence-electron chi connectivity index (χ1n) is 6.50. The first-order chi connectivity index (χ1) is 8.18. The highest BCUT2D eigenvalue weighted by Crippen LogP contribution is 2.31. The molecule has 0 saturated heterocycles. The van der Waals surface area contributed by atoms with Crippen molar-refractivity contribution in [2.45, 2.75) is 51.9 Å². The zero-order valence-electron chi connectivity index (χ0n) is 10.9. The van der Waals surface area contributed by atoms with Crippen LogP contribution in [0.1, 0.15) is 57.6 Å². The molecule has 2 rings (SSSR count). The molecule has 0 aromatic carbocycles. The van der Waals surface area contributed by atoms with Crippen LogP contribution in [0.4, 0.5) is 0 Å². The van der Waals surface area contributed by atoms with Gasteiger partial charge in [-0.3, -0.25) is 4.79 Å². The summed E-state index contributed by atoms with van der Waals surface area (Å²) < 4.78 is 5.55. The Morgan fingerprint density at radius 1 is 1.18 bits per heavy atom. The lowest BCUT2D eigenvalue weighted by atomic mass is 9.87. The molecule has 0 unspecified atom stereocenters. The van der Waals surface area contributed by atoms with Crippen molar-refractivity contribution < 1.29 is 4.42 Å². The molecule has 0 N–H and O–H groups in total. The van der Waals surface area contributed by atoms with Crippen molar-refractivity contribution in [1.82, 2.24) is 0 Å². The predicted molar refractivity (Wildman–Crippen MR) is 72.4 cm³/mol. The molecule has 0 spiro atoms. The highest BCUT2D eigenvalue weighted by Gasteiger charge is 2.18. The standard InChI is InChI=1S/C13H16O2.C2H6/c1-9-10(2)15-13(8-12(9)14)11-6-4-3-5-7-11;1-2/h8,11H,1-7H2;1-2H3. The summed E-state index contributed by atoms with van der Waals surface area (Å²) in [5.74, 6) is 1.21. The Morgan fingerprint density at radius 3 is 2.29 bits per heavy atom. The van der Waals surface area contributed by atoms with Crippen molar-refractivity contribution in [2.75, 3.05) is 0 Å². The van der Waals surface area contributed by atoms with Gasteiger partial charge in [-0.25, -0.2) is 0 Å². The van der Waals surface area contributed by atoms with Crippen LogP contribution >= 0.6 is 0 Å². The lowest BCUT2D eigenvalue weighted by Crippen LogP contribution is -2.37. The van der Waals surface area contributed by atoms with E-state index in [2.05, 4.69) is 13.2 Å². The summed E-state index contributed by atoms with van der Waals surface area (Å²) in [7, 11) is 0. The van der Waals surface area contributed by atoms with Crippen LogP contribution in [0.2, 0.25) is 0 Å². The molecule has 0 radical (unpaired) electrons. The Bertz CT molecular complexity index is 458.